The largest absolute Gasteiger partial charge is 0.458 e. The van der Waals surface area contributed by atoms with Crippen LogP contribution in [0.3, 0.4) is 0 Å². The lowest BCUT2D eigenvalue weighted by Gasteiger charge is -2.38. The number of rotatable bonds is 6. The Kier molecular flexibility index (Phi) is 8.45. The maximum Gasteiger partial charge on any atom is 0.260 e. The fourth-order valence-electron chi connectivity index (χ4n) is 11.3. The highest BCUT2D eigenvalue weighted by atomic mass is 16.5. The Morgan fingerprint density at radius 3 is 0.829 bits per heavy atom. The van der Waals surface area contributed by atoms with Crippen molar-refractivity contribution in [2.24, 2.45) is 0 Å². The first-order valence-electron chi connectivity index (χ1n) is 23.8. The van der Waals surface area contributed by atoms with Crippen LogP contribution < -0.4 is 61.5 Å². The molecule has 0 aromatic heterocycles. The third-order valence-electron chi connectivity index (χ3n) is 14.4. The molecule has 0 fully saturated rings. The van der Waals surface area contributed by atoms with Gasteiger partial charge >= 0.3 is 0 Å². The number of ether oxygens (including phenoxy) is 4. The first kappa shape index (κ1) is 38.9. The SMILES string of the molecule is c1ccc(N(c2ccccc2)c2cc3c4c(c2)Oc2cc5ccccc5cc2B4c2cc4c(cc2O3)Oc2cc(N(c3ccccc3)c3ccccc3)cc3c2B4c2cc4ccccc4cc2O3)cc1. The average Bonchev–Trinajstić information content (AvgIpc) is 3.40. The fraction of sp³-hybridized carbons (Fsp3) is 0. The van der Waals surface area contributed by atoms with E-state index in [0.29, 0.717) is 0 Å². The molecule has 8 heteroatoms. The number of anilines is 6. The van der Waals surface area contributed by atoms with Gasteiger partial charge in [0.05, 0.1) is 11.4 Å². The molecule has 0 unspecified atom stereocenters. The standard InChI is InChI=1S/C62H38B2N2O4/c1-5-21-43(22-6-1)65(44-23-7-2-8-24-44)47-33-57-61-59(35-47)69-55-38-56-52(37-51(55)63(61)49-29-39-17-13-15-19-41(39)31-53(49)67-57)64-50-30-40-18-14-16-20-42(40)32-54(50)68-58-34-48(36-60(70-56)62(58)64)66(45-25-9-3-10-26-45)46-27-11-4-12-28-46/h1-38H. The van der Waals surface area contributed by atoms with Crippen LogP contribution in [0.5, 0.6) is 46.0 Å². The molecule has 0 radical (unpaired) electrons. The zero-order valence-electron chi connectivity index (χ0n) is 37.6. The molecule has 0 atom stereocenters. The molecule has 0 bridgehead atoms. The van der Waals surface area contributed by atoms with Crippen LogP contribution in [0.15, 0.2) is 231 Å². The van der Waals surface area contributed by atoms with Crippen molar-refractivity contribution in [2.45, 2.75) is 0 Å². The fourth-order valence-corrected chi connectivity index (χ4v) is 11.3. The van der Waals surface area contributed by atoms with E-state index < -0.39 is 0 Å². The summed E-state index contributed by atoms with van der Waals surface area (Å²) in [5.74, 6) is 6.16. The monoisotopic (exact) mass is 896 g/mol. The minimum absolute atomic E-state index is 0.201. The van der Waals surface area contributed by atoms with E-state index in [-0.39, 0.29) is 13.4 Å². The summed E-state index contributed by atoms with van der Waals surface area (Å²) in [7, 11) is 0. The number of fused-ring (bicyclic) bond motifs is 10. The van der Waals surface area contributed by atoms with Gasteiger partial charge in [-0.05, 0) is 104 Å². The second-order valence-electron chi connectivity index (χ2n) is 18.4. The van der Waals surface area contributed by atoms with Gasteiger partial charge in [-0.25, -0.2) is 0 Å². The third-order valence-corrected chi connectivity index (χ3v) is 14.4. The quantitative estimate of drug-likeness (QED) is 0.155. The Morgan fingerprint density at radius 2 is 0.500 bits per heavy atom. The van der Waals surface area contributed by atoms with E-state index in [1.807, 2.05) is 24.3 Å². The smallest absolute Gasteiger partial charge is 0.260 e. The van der Waals surface area contributed by atoms with Crippen molar-refractivity contribution in [3.05, 3.63) is 231 Å². The molecular weight excluding hydrogens is 858 g/mol. The minimum Gasteiger partial charge on any atom is -0.458 e. The number of para-hydroxylation sites is 4. The third kappa shape index (κ3) is 6.03. The Hall–Kier alpha value is -9.13. The highest BCUT2D eigenvalue weighted by Gasteiger charge is 2.46. The van der Waals surface area contributed by atoms with Crippen molar-refractivity contribution >= 4 is 102 Å². The van der Waals surface area contributed by atoms with Gasteiger partial charge in [0.15, 0.2) is 0 Å². The summed E-state index contributed by atoms with van der Waals surface area (Å²) in [6.07, 6.45) is 0. The predicted molar refractivity (Wildman–Crippen MR) is 286 cm³/mol. The average molecular weight is 897 g/mol. The Morgan fingerprint density at radius 1 is 0.229 bits per heavy atom. The van der Waals surface area contributed by atoms with Gasteiger partial charge in [0.1, 0.15) is 46.0 Å². The lowest BCUT2D eigenvalue weighted by molar-refractivity contribution is 0.452. The maximum atomic E-state index is 7.24. The molecular formula is C62H38B2N2O4. The van der Waals surface area contributed by atoms with Gasteiger partial charge in [-0.15, -0.1) is 0 Å². The molecule has 0 amide bonds. The molecule has 4 heterocycles. The Bertz CT molecular complexity index is 3600. The molecule has 0 aliphatic carbocycles. The zero-order chi connectivity index (χ0) is 45.9. The molecule has 11 aromatic rings. The molecule has 0 saturated carbocycles. The van der Waals surface area contributed by atoms with Crippen molar-refractivity contribution in [1.29, 1.82) is 0 Å². The van der Waals surface area contributed by atoms with E-state index in [4.69, 9.17) is 18.9 Å². The molecule has 11 aromatic carbocycles. The van der Waals surface area contributed by atoms with Crippen LogP contribution in [-0.2, 0) is 0 Å². The first-order chi connectivity index (χ1) is 34.7. The van der Waals surface area contributed by atoms with E-state index >= 15 is 0 Å². The van der Waals surface area contributed by atoms with E-state index in [9.17, 15) is 0 Å². The molecule has 6 nitrogen and oxygen atoms in total. The number of hydrogen-bond acceptors (Lipinski definition) is 6. The van der Waals surface area contributed by atoms with Crippen molar-refractivity contribution in [1.82, 2.24) is 0 Å². The van der Waals surface area contributed by atoms with Crippen LogP contribution >= 0.6 is 0 Å². The van der Waals surface area contributed by atoms with Crippen LogP contribution in [-0.4, -0.2) is 13.4 Å². The minimum atomic E-state index is -0.201. The molecule has 70 heavy (non-hydrogen) atoms. The van der Waals surface area contributed by atoms with Crippen molar-refractivity contribution in [3.63, 3.8) is 0 Å². The van der Waals surface area contributed by atoms with Gasteiger partial charge in [0.25, 0.3) is 13.4 Å². The summed E-state index contributed by atoms with van der Waals surface area (Å²) in [6, 6.07) is 81.0. The van der Waals surface area contributed by atoms with E-state index in [2.05, 4.69) is 216 Å². The molecule has 0 saturated heterocycles. The highest BCUT2D eigenvalue weighted by molar-refractivity contribution is 7.01. The number of nitrogens with zero attached hydrogens (tertiary/aromatic N) is 2. The lowest BCUT2D eigenvalue weighted by Crippen LogP contribution is -2.61. The summed E-state index contributed by atoms with van der Waals surface area (Å²) >= 11 is 0. The summed E-state index contributed by atoms with van der Waals surface area (Å²) in [5, 5.41) is 4.55. The van der Waals surface area contributed by atoms with Gasteiger partial charge in [-0.1, -0.05) is 140 Å². The summed E-state index contributed by atoms with van der Waals surface area (Å²) < 4.78 is 28.6. The summed E-state index contributed by atoms with van der Waals surface area (Å²) in [4.78, 5) is 4.51. The summed E-state index contributed by atoms with van der Waals surface area (Å²) in [5.41, 5.74) is 12.3. The van der Waals surface area contributed by atoms with E-state index in [1.165, 1.54) is 0 Å². The van der Waals surface area contributed by atoms with Crippen molar-refractivity contribution < 1.29 is 18.9 Å². The Labute approximate surface area is 405 Å². The zero-order valence-corrected chi connectivity index (χ0v) is 37.6. The van der Waals surface area contributed by atoms with Crippen LogP contribution in [0.2, 0.25) is 0 Å². The first-order valence-corrected chi connectivity index (χ1v) is 23.8. The molecule has 4 aliphatic rings. The normalized spacial score (nSPS) is 13.0. The lowest BCUT2D eigenvalue weighted by atomic mass is 9.31. The number of benzene rings is 11. The Balaban J connectivity index is 0.956. The van der Waals surface area contributed by atoms with Gasteiger partial charge in [-0.2, -0.15) is 0 Å². The molecule has 15 rings (SSSR count). The van der Waals surface area contributed by atoms with E-state index in [1.54, 1.807) is 0 Å². The molecule has 0 spiro atoms. The predicted octanol–water partition coefficient (Wildman–Crippen LogP) is 12.4. The van der Waals surface area contributed by atoms with Crippen LogP contribution in [0.25, 0.3) is 21.5 Å². The molecule has 4 aliphatic heterocycles. The van der Waals surface area contributed by atoms with E-state index in [0.717, 1.165) is 134 Å². The second kappa shape index (κ2) is 15.2. The molecule has 326 valence electrons. The van der Waals surface area contributed by atoms with Gasteiger partial charge < -0.3 is 28.7 Å². The van der Waals surface area contributed by atoms with Gasteiger partial charge in [0.2, 0.25) is 0 Å². The molecule has 0 N–H and O–H groups in total. The van der Waals surface area contributed by atoms with Crippen LogP contribution in [0, 0.1) is 0 Å². The van der Waals surface area contributed by atoms with Crippen molar-refractivity contribution in [3.8, 4) is 46.0 Å². The van der Waals surface area contributed by atoms with Gasteiger partial charge in [-0.3, -0.25) is 0 Å². The maximum absolute atomic E-state index is 7.24. The van der Waals surface area contributed by atoms with Gasteiger partial charge in [0, 0.05) is 64.0 Å². The topological polar surface area (TPSA) is 43.4 Å². The van der Waals surface area contributed by atoms with Crippen molar-refractivity contribution in [2.75, 3.05) is 9.80 Å². The number of hydrogen-bond donors (Lipinski definition) is 0. The second-order valence-corrected chi connectivity index (χ2v) is 18.4. The van der Waals surface area contributed by atoms with Crippen LogP contribution in [0.4, 0.5) is 34.1 Å². The van der Waals surface area contributed by atoms with Crippen LogP contribution in [0.1, 0.15) is 0 Å². The highest BCUT2D eigenvalue weighted by Crippen LogP contribution is 2.46. The summed E-state index contributed by atoms with van der Waals surface area (Å²) in [6.45, 7) is -0.402.